The summed E-state index contributed by atoms with van der Waals surface area (Å²) in [6.45, 7) is 0. The lowest BCUT2D eigenvalue weighted by Gasteiger charge is -2.29. The normalized spacial score (nSPS) is 21.1. The molecule has 3 heterocycles. The van der Waals surface area contributed by atoms with Gasteiger partial charge in [0, 0.05) is 16.3 Å². The Morgan fingerprint density at radius 1 is 1.27 bits per heavy atom. The molecule has 2 aromatic carbocycles. The molecule has 1 atom stereocenters. The van der Waals surface area contributed by atoms with Crippen LogP contribution < -0.4 is 10.2 Å². The summed E-state index contributed by atoms with van der Waals surface area (Å²) in [4.78, 5) is 31.8. The number of halogens is 1. The number of anilines is 2. The van der Waals surface area contributed by atoms with Gasteiger partial charge >= 0.3 is 0 Å². The number of aromatic nitrogens is 1. The molecular weight excluding hydrogens is 390 g/mol. The Kier molecular flexibility index (Phi) is 3.53. The minimum Gasteiger partial charge on any atom is -0.299 e. The van der Waals surface area contributed by atoms with Gasteiger partial charge < -0.3 is 0 Å². The number of nitrogens with zero attached hydrogens (tertiary/aromatic N) is 2. The molecule has 2 amide bonds. The number of carbonyl (C=O) groups is 2. The number of hydrogen-bond acceptors (Lipinski definition) is 5. The van der Waals surface area contributed by atoms with Crippen LogP contribution in [-0.2, 0) is 9.59 Å². The van der Waals surface area contributed by atoms with Crippen LogP contribution in [-0.4, -0.2) is 21.7 Å². The van der Waals surface area contributed by atoms with Gasteiger partial charge in [-0.15, -0.1) is 0 Å². The highest BCUT2D eigenvalue weighted by Gasteiger charge is 2.57. The van der Waals surface area contributed by atoms with Crippen LogP contribution in [0.5, 0.6) is 0 Å². The molecule has 1 fully saturated rings. The van der Waals surface area contributed by atoms with Crippen molar-refractivity contribution in [2.75, 3.05) is 10.2 Å². The van der Waals surface area contributed by atoms with E-state index < -0.39 is 4.87 Å². The average Bonchev–Trinajstić information content (AvgIpc) is 3.26. The first-order valence-corrected chi connectivity index (χ1v) is 10.1. The second-order valence-electron chi connectivity index (χ2n) is 6.17. The standard InChI is InChI=1S/C18H12ClN3O2S2/c19-10-5-6-11-14(9-10)25-17(20-11)21-16(24)18-8-7-15(23)22(18)12-3-1-2-4-13(12)26-18/h1-6,9H,7-8H2,(H,20,21,24)/t18-/m1/s1. The number of carbonyl (C=O) groups excluding carboxylic acids is 2. The van der Waals surface area contributed by atoms with Gasteiger partial charge in [0.15, 0.2) is 10.0 Å². The molecule has 1 N–H and O–H groups in total. The van der Waals surface area contributed by atoms with Crippen LogP contribution in [0.25, 0.3) is 10.2 Å². The molecule has 0 radical (unpaired) electrons. The average molecular weight is 402 g/mol. The fraction of sp³-hybridized carbons (Fsp3) is 0.167. The Balaban J connectivity index is 1.50. The molecule has 5 nitrogen and oxygen atoms in total. The highest BCUT2D eigenvalue weighted by Crippen LogP contribution is 2.56. The second kappa shape index (κ2) is 5.70. The van der Waals surface area contributed by atoms with Gasteiger partial charge in [-0.3, -0.25) is 19.8 Å². The van der Waals surface area contributed by atoms with Crippen molar-refractivity contribution in [3.63, 3.8) is 0 Å². The topological polar surface area (TPSA) is 62.3 Å². The van der Waals surface area contributed by atoms with Crippen molar-refractivity contribution in [1.82, 2.24) is 4.98 Å². The number of nitrogens with one attached hydrogen (secondary N) is 1. The predicted octanol–water partition coefficient (Wildman–Crippen LogP) is 4.52. The van der Waals surface area contributed by atoms with E-state index in [1.807, 2.05) is 36.4 Å². The number of amides is 2. The number of fused-ring (bicyclic) bond motifs is 4. The Bertz CT molecular complexity index is 1080. The molecule has 26 heavy (non-hydrogen) atoms. The van der Waals surface area contributed by atoms with Crippen molar-refractivity contribution in [3.05, 3.63) is 47.5 Å². The molecule has 130 valence electrons. The lowest BCUT2D eigenvalue weighted by atomic mass is 10.2. The highest BCUT2D eigenvalue weighted by molar-refractivity contribution is 8.02. The molecule has 2 aliphatic heterocycles. The molecule has 2 aliphatic rings. The first kappa shape index (κ1) is 16.1. The quantitative estimate of drug-likeness (QED) is 0.685. The predicted molar refractivity (Wildman–Crippen MR) is 105 cm³/mol. The molecule has 5 rings (SSSR count). The van der Waals surface area contributed by atoms with Crippen LogP contribution in [0.15, 0.2) is 47.4 Å². The van der Waals surface area contributed by atoms with Gasteiger partial charge in [-0.2, -0.15) is 0 Å². The van der Waals surface area contributed by atoms with Gasteiger partial charge in [-0.1, -0.05) is 46.8 Å². The van der Waals surface area contributed by atoms with Crippen molar-refractivity contribution in [2.45, 2.75) is 22.6 Å². The Morgan fingerprint density at radius 2 is 2.12 bits per heavy atom. The minimum atomic E-state index is -0.934. The van der Waals surface area contributed by atoms with Gasteiger partial charge in [0.1, 0.15) is 0 Å². The summed E-state index contributed by atoms with van der Waals surface area (Å²) < 4.78 is 0.909. The van der Waals surface area contributed by atoms with E-state index in [-0.39, 0.29) is 11.8 Å². The molecule has 0 saturated carbocycles. The van der Waals surface area contributed by atoms with Gasteiger partial charge in [-0.25, -0.2) is 4.98 Å². The molecule has 1 aromatic heterocycles. The summed E-state index contributed by atoms with van der Waals surface area (Å²) in [6, 6.07) is 13.1. The second-order valence-corrected chi connectivity index (χ2v) is 8.95. The Hall–Kier alpha value is -2.09. The van der Waals surface area contributed by atoms with Crippen molar-refractivity contribution < 1.29 is 9.59 Å². The zero-order chi connectivity index (χ0) is 17.9. The lowest BCUT2D eigenvalue weighted by molar-refractivity contribution is -0.121. The van der Waals surface area contributed by atoms with Gasteiger partial charge in [0.05, 0.1) is 15.9 Å². The Labute approximate surface area is 162 Å². The third kappa shape index (κ3) is 2.27. The maximum Gasteiger partial charge on any atom is 0.263 e. The number of thioether (sulfide) groups is 1. The van der Waals surface area contributed by atoms with E-state index in [9.17, 15) is 9.59 Å². The number of benzene rings is 2. The lowest BCUT2D eigenvalue weighted by Crippen LogP contribution is -2.49. The molecular formula is C18H12ClN3O2S2. The van der Waals surface area contributed by atoms with E-state index >= 15 is 0 Å². The number of para-hydroxylation sites is 1. The third-order valence-corrected chi connectivity index (χ3v) is 7.24. The van der Waals surface area contributed by atoms with Crippen LogP contribution in [0.4, 0.5) is 10.8 Å². The molecule has 8 heteroatoms. The van der Waals surface area contributed by atoms with E-state index in [0.717, 1.165) is 20.8 Å². The zero-order valence-electron chi connectivity index (χ0n) is 13.4. The smallest absolute Gasteiger partial charge is 0.263 e. The summed E-state index contributed by atoms with van der Waals surface area (Å²) in [7, 11) is 0. The zero-order valence-corrected chi connectivity index (χ0v) is 15.7. The summed E-state index contributed by atoms with van der Waals surface area (Å²) in [5.74, 6) is -0.233. The minimum absolute atomic E-state index is 0.0197. The number of rotatable bonds is 2. The van der Waals surface area contributed by atoms with Crippen molar-refractivity contribution in [1.29, 1.82) is 0 Å². The van der Waals surface area contributed by atoms with Crippen LogP contribution >= 0.6 is 34.7 Å². The van der Waals surface area contributed by atoms with Crippen molar-refractivity contribution >= 4 is 67.5 Å². The maximum absolute atomic E-state index is 13.2. The largest absolute Gasteiger partial charge is 0.299 e. The van der Waals surface area contributed by atoms with Crippen LogP contribution in [0.1, 0.15) is 12.8 Å². The fourth-order valence-corrected chi connectivity index (χ4v) is 6.00. The summed E-state index contributed by atoms with van der Waals surface area (Å²) >= 11 is 8.84. The van der Waals surface area contributed by atoms with E-state index in [4.69, 9.17) is 11.6 Å². The number of hydrogen-bond donors (Lipinski definition) is 1. The Morgan fingerprint density at radius 3 is 3.00 bits per heavy atom. The third-order valence-electron chi connectivity index (χ3n) is 4.60. The van der Waals surface area contributed by atoms with Gasteiger partial charge in [-0.05, 0) is 36.8 Å². The van der Waals surface area contributed by atoms with Crippen LogP contribution in [0.2, 0.25) is 5.02 Å². The molecule has 0 bridgehead atoms. The first-order chi connectivity index (χ1) is 12.6. The van der Waals surface area contributed by atoms with E-state index in [1.165, 1.54) is 23.1 Å². The van der Waals surface area contributed by atoms with Crippen LogP contribution in [0.3, 0.4) is 0 Å². The molecule has 3 aromatic rings. The van der Waals surface area contributed by atoms with Gasteiger partial charge in [0.25, 0.3) is 5.91 Å². The van der Waals surface area contributed by atoms with E-state index in [0.29, 0.717) is 23.0 Å². The summed E-state index contributed by atoms with van der Waals surface area (Å²) in [5, 5.41) is 4.06. The first-order valence-electron chi connectivity index (χ1n) is 8.05. The number of thiazole rings is 1. The SMILES string of the molecule is O=C1CC[C@]2(C(=O)Nc3nc4ccc(Cl)cc4s3)Sc3ccccc3N12. The molecule has 0 unspecified atom stereocenters. The summed E-state index contributed by atoms with van der Waals surface area (Å²) in [5.41, 5.74) is 1.60. The maximum atomic E-state index is 13.2. The van der Waals surface area contributed by atoms with E-state index in [2.05, 4.69) is 10.3 Å². The van der Waals surface area contributed by atoms with E-state index in [1.54, 1.807) is 11.0 Å². The van der Waals surface area contributed by atoms with Crippen LogP contribution in [0, 0.1) is 0 Å². The molecule has 0 spiro atoms. The van der Waals surface area contributed by atoms with Crippen molar-refractivity contribution in [2.24, 2.45) is 0 Å². The molecule has 1 saturated heterocycles. The monoisotopic (exact) mass is 401 g/mol. The molecule has 0 aliphatic carbocycles. The highest BCUT2D eigenvalue weighted by atomic mass is 35.5. The van der Waals surface area contributed by atoms with Gasteiger partial charge in [0.2, 0.25) is 5.91 Å². The van der Waals surface area contributed by atoms with Crippen molar-refractivity contribution in [3.8, 4) is 0 Å². The summed E-state index contributed by atoms with van der Waals surface area (Å²) in [6.07, 6.45) is 0.845. The fourth-order valence-electron chi connectivity index (χ4n) is 3.45.